The Balaban J connectivity index is 2.25. The molecule has 1 atom stereocenters. The zero-order valence-corrected chi connectivity index (χ0v) is 10.3. The molecule has 0 aliphatic heterocycles. The lowest BCUT2D eigenvalue weighted by Crippen LogP contribution is -2.17. The fraction of sp³-hybridized carbons (Fsp3) is 0.300. The van der Waals surface area contributed by atoms with Crippen LogP contribution < -0.4 is 5.32 Å². The van der Waals surface area contributed by atoms with E-state index in [2.05, 4.69) is 36.3 Å². The van der Waals surface area contributed by atoms with Gasteiger partial charge in [-0.1, -0.05) is 0 Å². The van der Waals surface area contributed by atoms with Crippen molar-refractivity contribution in [3.63, 3.8) is 0 Å². The molecule has 2 rings (SSSR count). The molecule has 0 aromatic carbocycles. The zero-order valence-electron chi connectivity index (χ0n) is 9.58. The van der Waals surface area contributed by atoms with Crippen molar-refractivity contribution in [1.82, 2.24) is 29.7 Å². The number of halogens is 1. The summed E-state index contributed by atoms with van der Waals surface area (Å²) in [6.45, 7) is 1.92. The number of aromatic nitrogens is 6. The summed E-state index contributed by atoms with van der Waals surface area (Å²) in [6, 6.07) is 0.0389. The third-order valence-corrected chi connectivity index (χ3v) is 2.19. The second-order valence-electron chi connectivity index (χ2n) is 3.52. The van der Waals surface area contributed by atoms with Gasteiger partial charge in [0.05, 0.1) is 0 Å². The van der Waals surface area contributed by atoms with Crippen molar-refractivity contribution in [3.05, 3.63) is 17.9 Å². The Bertz CT molecular complexity index is 560. The minimum atomic E-state index is 0.0389. The van der Waals surface area contributed by atoms with Crippen LogP contribution in [-0.4, -0.2) is 35.8 Å². The maximum Gasteiger partial charge on any atom is 0.258 e. The second-order valence-corrected chi connectivity index (χ2v) is 3.86. The van der Waals surface area contributed by atoms with Crippen LogP contribution in [0.2, 0.25) is 5.28 Å². The Morgan fingerprint density at radius 3 is 3.00 bits per heavy atom. The molecule has 0 saturated carbocycles. The van der Waals surface area contributed by atoms with Gasteiger partial charge in [-0.2, -0.15) is 24.7 Å². The van der Waals surface area contributed by atoms with Gasteiger partial charge in [-0.15, -0.1) is 12.3 Å². The molecule has 0 saturated heterocycles. The smallest absolute Gasteiger partial charge is 0.258 e. The number of hydrogen-bond donors (Lipinski definition) is 1. The molecule has 0 aliphatic rings. The van der Waals surface area contributed by atoms with E-state index in [1.807, 2.05) is 6.92 Å². The summed E-state index contributed by atoms with van der Waals surface area (Å²) in [7, 11) is 0. The minimum absolute atomic E-state index is 0.0389. The molecular weight excluding hydrogens is 254 g/mol. The fourth-order valence-corrected chi connectivity index (χ4v) is 1.42. The highest BCUT2D eigenvalue weighted by Gasteiger charge is 2.09. The number of nitrogens with zero attached hydrogens (tertiary/aromatic N) is 6. The lowest BCUT2D eigenvalue weighted by atomic mass is 10.2. The highest BCUT2D eigenvalue weighted by molar-refractivity contribution is 6.28. The highest BCUT2D eigenvalue weighted by atomic mass is 35.5. The van der Waals surface area contributed by atoms with Gasteiger partial charge in [0.1, 0.15) is 12.7 Å². The van der Waals surface area contributed by atoms with Gasteiger partial charge in [-0.3, -0.25) is 0 Å². The molecule has 1 unspecified atom stereocenters. The van der Waals surface area contributed by atoms with E-state index in [0.29, 0.717) is 18.3 Å². The van der Waals surface area contributed by atoms with Gasteiger partial charge in [0, 0.05) is 12.5 Å². The van der Waals surface area contributed by atoms with Crippen LogP contribution in [0.3, 0.4) is 0 Å². The van der Waals surface area contributed by atoms with E-state index in [4.69, 9.17) is 18.0 Å². The summed E-state index contributed by atoms with van der Waals surface area (Å²) >= 11 is 5.82. The summed E-state index contributed by atoms with van der Waals surface area (Å²) in [5, 5.41) is 7.03. The molecular formula is C10H10ClN7. The van der Waals surface area contributed by atoms with E-state index in [9.17, 15) is 0 Å². The van der Waals surface area contributed by atoms with E-state index in [1.54, 1.807) is 0 Å². The molecule has 0 spiro atoms. The normalized spacial score (nSPS) is 11.8. The van der Waals surface area contributed by atoms with Crippen LogP contribution in [0.25, 0.3) is 5.95 Å². The maximum absolute atomic E-state index is 5.82. The number of terminal acetylenes is 1. The van der Waals surface area contributed by atoms with Crippen LogP contribution >= 0.6 is 11.6 Å². The van der Waals surface area contributed by atoms with E-state index in [-0.39, 0.29) is 11.3 Å². The first kappa shape index (κ1) is 12.3. The summed E-state index contributed by atoms with van der Waals surface area (Å²) in [6.07, 6.45) is 8.64. The average Bonchev–Trinajstić information content (AvgIpc) is 2.81. The third-order valence-electron chi connectivity index (χ3n) is 2.02. The SMILES string of the molecule is C#CCC(C)Nc1nc(Cl)nc(-n2cncn2)n1. The predicted molar refractivity (Wildman–Crippen MR) is 66.3 cm³/mol. The number of hydrogen-bond acceptors (Lipinski definition) is 6. The minimum Gasteiger partial charge on any atom is -0.351 e. The Morgan fingerprint density at radius 2 is 2.33 bits per heavy atom. The Morgan fingerprint density at radius 1 is 1.50 bits per heavy atom. The average molecular weight is 264 g/mol. The first-order valence-corrected chi connectivity index (χ1v) is 5.53. The predicted octanol–water partition coefficient (Wildman–Crippen LogP) is 0.929. The number of anilines is 1. The molecule has 0 fully saturated rings. The molecule has 2 aromatic heterocycles. The van der Waals surface area contributed by atoms with Crippen molar-refractivity contribution in [3.8, 4) is 18.3 Å². The quantitative estimate of drug-likeness (QED) is 0.827. The van der Waals surface area contributed by atoms with Gasteiger partial charge < -0.3 is 5.32 Å². The van der Waals surface area contributed by atoms with Gasteiger partial charge in [0.2, 0.25) is 11.2 Å². The van der Waals surface area contributed by atoms with Crippen molar-refractivity contribution in [1.29, 1.82) is 0 Å². The van der Waals surface area contributed by atoms with Gasteiger partial charge in [0.25, 0.3) is 5.95 Å². The van der Waals surface area contributed by atoms with Crippen LogP contribution in [0, 0.1) is 12.3 Å². The molecule has 0 radical (unpaired) electrons. The van der Waals surface area contributed by atoms with E-state index in [1.165, 1.54) is 17.3 Å². The lowest BCUT2D eigenvalue weighted by molar-refractivity contribution is 0.771. The van der Waals surface area contributed by atoms with E-state index < -0.39 is 0 Å². The highest BCUT2D eigenvalue weighted by Crippen LogP contribution is 2.10. The molecule has 0 aliphatic carbocycles. The van der Waals surface area contributed by atoms with Crippen LogP contribution in [0.1, 0.15) is 13.3 Å². The molecule has 8 heteroatoms. The third kappa shape index (κ3) is 2.93. The summed E-state index contributed by atoms with van der Waals surface area (Å²) in [5.41, 5.74) is 0. The van der Waals surface area contributed by atoms with Crippen LogP contribution in [0.4, 0.5) is 5.95 Å². The van der Waals surface area contributed by atoms with Gasteiger partial charge in [-0.05, 0) is 18.5 Å². The lowest BCUT2D eigenvalue weighted by Gasteiger charge is -2.11. The Hall–Kier alpha value is -2.20. The second kappa shape index (κ2) is 5.42. The Kier molecular flexibility index (Phi) is 3.69. The molecule has 0 amide bonds. The van der Waals surface area contributed by atoms with Crippen LogP contribution in [0.5, 0.6) is 0 Å². The van der Waals surface area contributed by atoms with Crippen molar-refractivity contribution < 1.29 is 0 Å². The first-order chi connectivity index (χ1) is 8.69. The van der Waals surface area contributed by atoms with Crippen molar-refractivity contribution in [2.24, 2.45) is 0 Å². The molecule has 92 valence electrons. The summed E-state index contributed by atoms with van der Waals surface area (Å²) < 4.78 is 1.39. The fourth-order valence-electron chi connectivity index (χ4n) is 1.27. The monoisotopic (exact) mass is 263 g/mol. The number of rotatable bonds is 4. The van der Waals surface area contributed by atoms with Crippen molar-refractivity contribution >= 4 is 17.5 Å². The number of nitrogens with one attached hydrogen (secondary N) is 1. The molecule has 7 nitrogen and oxygen atoms in total. The first-order valence-electron chi connectivity index (χ1n) is 5.15. The van der Waals surface area contributed by atoms with Gasteiger partial charge in [0.15, 0.2) is 0 Å². The van der Waals surface area contributed by atoms with Gasteiger partial charge >= 0.3 is 0 Å². The summed E-state index contributed by atoms with van der Waals surface area (Å²) in [5.74, 6) is 3.19. The Labute approximate surface area is 109 Å². The summed E-state index contributed by atoms with van der Waals surface area (Å²) in [4.78, 5) is 15.9. The largest absolute Gasteiger partial charge is 0.351 e. The molecule has 2 aromatic rings. The van der Waals surface area contributed by atoms with Crippen molar-refractivity contribution in [2.75, 3.05) is 5.32 Å². The van der Waals surface area contributed by atoms with Crippen molar-refractivity contribution in [2.45, 2.75) is 19.4 Å². The van der Waals surface area contributed by atoms with E-state index in [0.717, 1.165) is 0 Å². The molecule has 0 bridgehead atoms. The molecule has 18 heavy (non-hydrogen) atoms. The standard InChI is InChI=1S/C10H10ClN7/c1-3-4-7(2)14-9-15-8(11)16-10(17-9)18-6-12-5-13-18/h1,5-7H,4H2,2H3,(H,14,15,16,17). The molecule has 1 N–H and O–H groups in total. The topological polar surface area (TPSA) is 81.4 Å². The van der Waals surface area contributed by atoms with E-state index >= 15 is 0 Å². The van der Waals surface area contributed by atoms with Gasteiger partial charge in [-0.25, -0.2) is 4.98 Å². The van der Waals surface area contributed by atoms with Crippen LogP contribution in [-0.2, 0) is 0 Å². The maximum atomic E-state index is 5.82. The van der Waals surface area contributed by atoms with Crippen LogP contribution in [0.15, 0.2) is 12.7 Å². The zero-order chi connectivity index (χ0) is 13.0. The molecule has 2 heterocycles.